The first-order valence-electron chi connectivity index (χ1n) is 8.86. The first-order chi connectivity index (χ1) is 12.6. The van der Waals surface area contributed by atoms with Crippen LogP contribution in [0.2, 0.25) is 0 Å². The highest BCUT2D eigenvalue weighted by molar-refractivity contribution is 7.99. The summed E-state index contributed by atoms with van der Waals surface area (Å²) in [6.45, 7) is 0.992. The van der Waals surface area contributed by atoms with Crippen LogP contribution in [0.25, 0.3) is 0 Å². The number of nitrogens with zero attached hydrogens (tertiary/aromatic N) is 1. The van der Waals surface area contributed by atoms with Crippen molar-refractivity contribution in [3.05, 3.63) is 66.2 Å². The molecule has 0 atom stereocenters. The average Bonchev–Trinajstić information content (AvgIpc) is 2.69. The summed E-state index contributed by atoms with van der Waals surface area (Å²) < 4.78 is 0. The summed E-state index contributed by atoms with van der Waals surface area (Å²) >= 11 is 1.67. The van der Waals surface area contributed by atoms with E-state index in [-0.39, 0.29) is 5.91 Å². The van der Waals surface area contributed by atoms with Gasteiger partial charge in [-0.3, -0.25) is 9.59 Å². The zero-order valence-electron chi connectivity index (χ0n) is 14.6. The molecule has 1 aliphatic heterocycles. The largest absolute Gasteiger partial charge is 0.481 e. The van der Waals surface area contributed by atoms with Crippen LogP contribution in [0.4, 0.5) is 0 Å². The standard InChI is InChI=1S/C21H23NO3S/c23-19(11-16-26-18-9-5-2-6-10-18)22-14-12-21(13-15-22,20(24)25)17-7-3-1-4-8-17/h1-10H,11-16H2,(H,24,25). The summed E-state index contributed by atoms with van der Waals surface area (Å²) in [5.74, 6) is 0.0539. The Bertz CT molecular complexity index is 740. The number of rotatable bonds is 6. The molecule has 0 saturated carbocycles. The molecule has 1 fully saturated rings. The van der Waals surface area contributed by atoms with Gasteiger partial charge >= 0.3 is 5.97 Å². The van der Waals surface area contributed by atoms with E-state index in [0.717, 1.165) is 16.2 Å². The number of carboxylic acids is 1. The molecule has 1 heterocycles. The lowest BCUT2D eigenvalue weighted by atomic mass is 9.73. The molecular weight excluding hydrogens is 346 g/mol. The smallest absolute Gasteiger partial charge is 0.314 e. The molecule has 1 aliphatic rings. The van der Waals surface area contributed by atoms with Crippen LogP contribution in [0.15, 0.2) is 65.6 Å². The lowest BCUT2D eigenvalue weighted by molar-refractivity contribution is -0.148. The van der Waals surface area contributed by atoms with Gasteiger partial charge in [0.1, 0.15) is 0 Å². The predicted octanol–water partition coefficient (Wildman–Crippen LogP) is 3.81. The van der Waals surface area contributed by atoms with Gasteiger partial charge in [0.2, 0.25) is 5.91 Å². The van der Waals surface area contributed by atoms with E-state index in [1.165, 1.54) is 0 Å². The summed E-state index contributed by atoms with van der Waals surface area (Å²) in [5, 5.41) is 9.83. The van der Waals surface area contributed by atoms with E-state index in [9.17, 15) is 14.7 Å². The third kappa shape index (κ3) is 4.10. The van der Waals surface area contributed by atoms with Crippen molar-refractivity contribution in [2.75, 3.05) is 18.8 Å². The maximum absolute atomic E-state index is 12.5. The number of carbonyl (C=O) groups is 2. The van der Waals surface area contributed by atoms with Crippen LogP contribution in [-0.2, 0) is 15.0 Å². The fraction of sp³-hybridized carbons (Fsp3) is 0.333. The number of amides is 1. The van der Waals surface area contributed by atoms with Crippen molar-refractivity contribution in [3.63, 3.8) is 0 Å². The molecule has 0 aliphatic carbocycles. The first-order valence-corrected chi connectivity index (χ1v) is 9.85. The Morgan fingerprint density at radius 1 is 0.962 bits per heavy atom. The number of piperidine rings is 1. The van der Waals surface area contributed by atoms with Gasteiger partial charge in [0.05, 0.1) is 5.41 Å². The van der Waals surface area contributed by atoms with Crippen LogP contribution in [0.5, 0.6) is 0 Å². The van der Waals surface area contributed by atoms with Crippen molar-refractivity contribution < 1.29 is 14.7 Å². The maximum atomic E-state index is 12.5. The fourth-order valence-electron chi connectivity index (χ4n) is 3.45. The first kappa shape index (κ1) is 18.5. The minimum atomic E-state index is -0.878. The Morgan fingerprint density at radius 2 is 1.54 bits per heavy atom. The summed E-state index contributed by atoms with van der Waals surface area (Å²) in [5.41, 5.74) is -0.0455. The second-order valence-electron chi connectivity index (χ2n) is 6.55. The third-order valence-electron chi connectivity index (χ3n) is 5.03. The topological polar surface area (TPSA) is 57.6 Å². The average molecular weight is 369 g/mol. The van der Waals surface area contributed by atoms with Crippen LogP contribution in [-0.4, -0.2) is 40.7 Å². The summed E-state index contributed by atoms with van der Waals surface area (Å²) in [6.07, 6.45) is 1.40. The van der Waals surface area contributed by atoms with Crippen LogP contribution in [0.3, 0.4) is 0 Å². The molecule has 5 heteroatoms. The van der Waals surface area contributed by atoms with Gasteiger partial charge in [-0.15, -0.1) is 11.8 Å². The van der Waals surface area contributed by atoms with E-state index in [4.69, 9.17) is 0 Å². The zero-order valence-corrected chi connectivity index (χ0v) is 15.5. The normalized spacial score (nSPS) is 16.2. The van der Waals surface area contributed by atoms with E-state index < -0.39 is 11.4 Å². The summed E-state index contributed by atoms with van der Waals surface area (Å²) in [4.78, 5) is 27.4. The molecule has 3 rings (SSSR count). The number of carbonyl (C=O) groups excluding carboxylic acids is 1. The van der Waals surface area contributed by atoms with Gasteiger partial charge in [0.15, 0.2) is 0 Å². The van der Waals surface area contributed by atoms with Crippen molar-refractivity contribution in [3.8, 4) is 0 Å². The van der Waals surface area contributed by atoms with Crippen molar-refractivity contribution in [1.29, 1.82) is 0 Å². The van der Waals surface area contributed by atoms with Crippen LogP contribution in [0.1, 0.15) is 24.8 Å². The van der Waals surface area contributed by atoms with E-state index >= 15 is 0 Å². The van der Waals surface area contributed by atoms with Crippen LogP contribution < -0.4 is 0 Å². The summed E-state index contributed by atoms with van der Waals surface area (Å²) in [7, 11) is 0. The van der Waals surface area contributed by atoms with Crippen molar-refractivity contribution in [1.82, 2.24) is 4.90 Å². The molecule has 4 nitrogen and oxygen atoms in total. The SMILES string of the molecule is O=C(CCSc1ccccc1)N1CCC(C(=O)O)(c2ccccc2)CC1. The number of likely N-dealkylation sites (tertiary alicyclic amines) is 1. The van der Waals surface area contributed by atoms with Gasteiger partial charge in [-0.1, -0.05) is 48.5 Å². The quantitative estimate of drug-likeness (QED) is 0.787. The van der Waals surface area contributed by atoms with Crippen molar-refractivity contribution in [2.24, 2.45) is 0 Å². The Hall–Kier alpha value is -2.27. The molecule has 2 aromatic rings. The number of hydrogen-bond acceptors (Lipinski definition) is 3. The molecule has 26 heavy (non-hydrogen) atoms. The number of benzene rings is 2. The van der Waals surface area contributed by atoms with Gasteiger partial charge in [-0.25, -0.2) is 0 Å². The minimum absolute atomic E-state index is 0.112. The highest BCUT2D eigenvalue weighted by atomic mass is 32.2. The lowest BCUT2D eigenvalue weighted by Crippen LogP contribution is -2.49. The number of aliphatic carboxylic acids is 1. The van der Waals surface area contributed by atoms with E-state index in [0.29, 0.717) is 32.4 Å². The third-order valence-corrected chi connectivity index (χ3v) is 6.05. The number of carboxylic acid groups (broad SMARTS) is 1. The van der Waals surface area contributed by atoms with Gasteiger partial charge in [0, 0.05) is 30.2 Å². The maximum Gasteiger partial charge on any atom is 0.314 e. The minimum Gasteiger partial charge on any atom is -0.481 e. The van der Waals surface area contributed by atoms with Gasteiger partial charge in [0.25, 0.3) is 0 Å². The molecule has 0 unspecified atom stereocenters. The summed E-state index contributed by atoms with van der Waals surface area (Å²) in [6, 6.07) is 19.4. The number of thioether (sulfide) groups is 1. The molecule has 1 N–H and O–H groups in total. The van der Waals surface area contributed by atoms with Crippen molar-refractivity contribution >= 4 is 23.6 Å². The fourth-order valence-corrected chi connectivity index (χ4v) is 4.31. The Balaban J connectivity index is 1.55. The predicted molar refractivity (Wildman–Crippen MR) is 103 cm³/mol. The molecule has 1 saturated heterocycles. The Morgan fingerprint density at radius 3 is 2.12 bits per heavy atom. The molecule has 0 bridgehead atoms. The molecule has 0 spiro atoms. The van der Waals surface area contributed by atoms with E-state index in [1.54, 1.807) is 11.8 Å². The zero-order chi connectivity index (χ0) is 18.4. The van der Waals surface area contributed by atoms with Crippen molar-refractivity contribution in [2.45, 2.75) is 29.6 Å². The number of hydrogen-bond donors (Lipinski definition) is 1. The van der Waals surface area contributed by atoms with E-state index in [1.807, 2.05) is 65.6 Å². The van der Waals surface area contributed by atoms with Gasteiger partial charge in [-0.05, 0) is 30.5 Å². The lowest BCUT2D eigenvalue weighted by Gasteiger charge is -2.39. The Labute approximate surface area is 158 Å². The molecule has 0 aromatic heterocycles. The molecule has 1 amide bonds. The van der Waals surface area contributed by atoms with Gasteiger partial charge in [-0.2, -0.15) is 0 Å². The van der Waals surface area contributed by atoms with Crippen LogP contribution in [0, 0.1) is 0 Å². The molecular formula is C21H23NO3S. The highest BCUT2D eigenvalue weighted by Gasteiger charge is 2.43. The highest BCUT2D eigenvalue weighted by Crippen LogP contribution is 2.36. The molecule has 136 valence electrons. The van der Waals surface area contributed by atoms with E-state index in [2.05, 4.69) is 0 Å². The second kappa shape index (κ2) is 8.41. The monoisotopic (exact) mass is 369 g/mol. The van der Waals surface area contributed by atoms with Gasteiger partial charge < -0.3 is 10.0 Å². The second-order valence-corrected chi connectivity index (χ2v) is 7.71. The molecule has 0 radical (unpaired) electrons. The molecule has 2 aromatic carbocycles. The van der Waals surface area contributed by atoms with Crippen LogP contribution >= 0.6 is 11.8 Å². The Kier molecular flexibility index (Phi) is 5.99.